The number of halogens is 3. The number of pyridine rings is 2. The van der Waals surface area contributed by atoms with Gasteiger partial charge in [0.25, 0.3) is 0 Å². The van der Waals surface area contributed by atoms with Gasteiger partial charge in [-0.2, -0.15) is 13.2 Å². The van der Waals surface area contributed by atoms with Crippen molar-refractivity contribution in [2.45, 2.75) is 52.8 Å². The number of nitrogens with one attached hydrogen (secondary N) is 3. The van der Waals surface area contributed by atoms with E-state index >= 15 is 0 Å². The molecular weight excluding hydrogens is 1130 g/mol. The molecule has 1 unspecified atom stereocenters. The number of alkyl halides is 3. The van der Waals surface area contributed by atoms with E-state index < -0.39 is 23.6 Å². The number of nitrogen functional groups attached to an aromatic ring is 1. The number of hydrogen-bond acceptors (Lipinski definition) is 18. The molecule has 2 aromatic carbocycles. The third-order valence-corrected chi connectivity index (χ3v) is 16.0. The van der Waals surface area contributed by atoms with E-state index in [0.717, 1.165) is 58.5 Å². The molecule has 0 saturated carbocycles. The lowest BCUT2D eigenvalue weighted by molar-refractivity contribution is -0.131. The monoisotopic (exact) mass is 1210 g/mol. The van der Waals surface area contributed by atoms with Gasteiger partial charge in [-0.15, -0.1) is 0 Å². The van der Waals surface area contributed by atoms with Crippen molar-refractivity contribution < 1.29 is 41.8 Å². The van der Waals surface area contributed by atoms with Crippen LogP contribution in [0.3, 0.4) is 0 Å². The standard InChI is InChI=1S/C63H73F3N16O6/c1-41(2)52(63(64,65)66)36-58(84)74-49-11-7-45(8-12-49)31-60(86)82-19-15-78(16-20-82)51-33-54(76-56(35-51)80-23-27-88-28-24-80)47-39-70-62(71-40-47)72-43(4)42(3)29-57(83)73-48-9-5-44(6-10-48)30-59(85)81-17-13-77(14-18-81)50-32-53(46-37-68-61(67)69-38-46)75-55(34-50)79-21-25-87-26-22-79/h5-12,29,32-41,43H,13-28,30-31H2,1-4H3,(H,73,83)(H,74,84)(H2,67,68,69)(H,70,71,72)/b42-29+,52-36+. The molecule has 0 radical (unpaired) electrons. The predicted octanol–water partition coefficient (Wildman–Crippen LogP) is 6.90. The van der Waals surface area contributed by atoms with E-state index in [-0.39, 0.29) is 42.6 Å². The second-order valence-electron chi connectivity index (χ2n) is 22.4. The lowest BCUT2D eigenvalue weighted by Crippen LogP contribution is -2.49. The molecule has 4 saturated heterocycles. The summed E-state index contributed by atoms with van der Waals surface area (Å²) in [4.78, 5) is 93.0. The maximum absolute atomic E-state index is 13.6. The summed E-state index contributed by atoms with van der Waals surface area (Å²) in [6.45, 7) is 16.3. The van der Waals surface area contributed by atoms with E-state index in [1.165, 1.54) is 19.9 Å². The highest BCUT2D eigenvalue weighted by Crippen LogP contribution is 2.33. The molecule has 0 aliphatic carbocycles. The highest BCUT2D eigenvalue weighted by Gasteiger charge is 2.36. The number of morpholine rings is 2. The number of ether oxygens (including phenoxy) is 2. The summed E-state index contributed by atoms with van der Waals surface area (Å²) < 4.78 is 51.4. The van der Waals surface area contributed by atoms with Gasteiger partial charge in [0.15, 0.2) is 0 Å². The third kappa shape index (κ3) is 16.2. The molecule has 88 heavy (non-hydrogen) atoms. The first-order chi connectivity index (χ1) is 42.4. The van der Waals surface area contributed by atoms with E-state index in [4.69, 9.17) is 25.2 Å². The maximum atomic E-state index is 13.6. The molecule has 4 amide bonds. The van der Waals surface area contributed by atoms with Crippen molar-refractivity contribution in [2.75, 3.05) is 146 Å². The Balaban J connectivity index is 0.693. The number of carbonyl (C=O) groups is 4. The first kappa shape index (κ1) is 61.8. The van der Waals surface area contributed by atoms with E-state index in [2.05, 4.69) is 67.6 Å². The summed E-state index contributed by atoms with van der Waals surface area (Å²) in [6, 6.07) is 21.7. The van der Waals surface area contributed by atoms with Crippen molar-refractivity contribution in [1.82, 2.24) is 39.7 Å². The highest BCUT2D eigenvalue weighted by atomic mass is 19.4. The van der Waals surface area contributed by atoms with Crippen LogP contribution in [-0.4, -0.2) is 181 Å². The van der Waals surface area contributed by atoms with Gasteiger partial charge in [0, 0.05) is 173 Å². The molecule has 6 aromatic rings. The van der Waals surface area contributed by atoms with Gasteiger partial charge < -0.3 is 60.6 Å². The largest absolute Gasteiger partial charge is 0.413 e. The summed E-state index contributed by atoms with van der Waals surface area (Å²) in [5, 5.41) is 8.72. The SMILES string of the molecule is C/C(=C\C(=O)Nc1ccc(CC(=O)N2CCN(c3cc(-c4cnc(N)nc4)nc(N4CCOCC4)c3)CC2)cc1)C(C)Nc1ncc(-c2cc(N3CCN(C(=O)Cc4ccc(NC(=O)/C=C(\C(C)C)C(F)(F)F)cc4)CC3)cc(N3CCOCC3)n2)cn1. The average molecular weight is 1210 g/mol. The zero-order valence-corrected chi connectivity index (χ0v) is 49.8. The molecule has 1 atom stereocenters. The Morgan fingerprint density at radius 3 is 1.39 bits per heavy atom. The summed E-state index contributed by atoms with van der Waals surface area (Å²) in [7, 11) is 0. The van der Waals surface area contributed by atoms with Gasteiger partial charge in [0.05, 0.1) is 50.7 Å². The van der Waals surface area contributed by atoms with Gasteiger partial charge in [0.2, 0.25) is 35.5 Å². The molecule has 462 valence electrons. The molecule has 22 nitrogen and oxygen atoms in total. The maximum Gasteiger partial charge on any atom is 0.413 e. The fraction of sp³-hybridized carbons (Fsp3) is 0.397. The normalized spacial score (nSPS) is 16.6. The number of benzene rings is 2. The van der Waals surface area contributed by atoms with Crippen molar-refractivity contribution in [3.63, 3.8) is 0 Å². The van der Waals surface area contributed by atoms with Gasteiger partial charge in [0.1, 0.15) is 11.6 Å². The Hall–Kier alpha value is -9.23. The number of piperazine rings is 2. The van der Waals surface area contributed by atoms with Crippen molar-refractivity contribution in [3.05, 3.63) is 132 Å². The van der Waals surface area contributed by atoms with Crippen LogP contribution in [0.15, 0.2) is 121 Å². The third-order valence-electron chi connectivity index (χ3n) is 16.0. The Labute approximate surface area is 509 Å². The lowest BCUT2D eigenvalue weighted by atomic mass is 10.0. The van der Waals surface area contributed by atoms with Crippen LogP contribution in [-0.2, 0) is 41.5 Å². The number of amides is 4. The van der Waals surface area contributed by atoms with Crippen molar-refractivity contribution in [3.8, 4) is 22.5 Å². The van der Waals surface area contributed by atoms with Crippen molar-refractivity contribution in [1.29, 1.82) is 0 Å². The van der Waals surface area contributed by atoms with Gasteiger partial charge >= 0.3 is 6.18 Å². The summed E-state index contributed by atoms with van der Waals surface area (Å²) in [6.07, 6.45) is 4.64. The Bertz CT molecular complexity index is 3470. The molecule has 25 heteroatoms. The highest BCUT2D eigenvalue weighted by molar-refractivity contribution is 6.00. The number of anilines is 8. The van der Waals surface area contributed by atoms with Gasteiger partial charge in [-0.05, 0) is 72.9 Å². The number of allylic oxidation sites excluding steroid dienone is 1. The lowest BCUT2D eigenvalue weighted by Gasteiger charge is -2.37. The van der Waals surface area contributed by atoms with Crippen LogP contribution in [0.4, 0.5) is 59.5 Å². The summed E-state index contributed by atoms with van der Waals surface area (Å²) in [5.74, 6) is 0.114. The fourth-order valence-corrected chi connectivity index (χ4v) is 10.7. The second-order valence-corrected chi connectivity index (χ2v) is 22.4. The first-order valence-electron chi connectivity index (χ1n) is 29.6. The number of aromatic nitrogens is 6. The number of carbonyl (C=O) groups excluding carboxylic acids is 4. The Morgan fingerprint density at radius 1 is 0.568 bits per heavy atom. The molecule has 4 aliphatic heterocycles. The zero-order chi connectivity index (χ0) is 61.9. The Morgan fingerprint density at radius 2 is 0.977 bits per heavy atom. The summed E-state index contributed by atoms with van der Waals surface area (Å²) in [5.41, 5.74) is 12.9. The number of rotatable bonds is 18. The molecule has 0 spiro atoms. The molecule has 8 heterocycles. The molecule has 4 fully saturated rings. The van der Waals surface area contributed by atoms with E-state index in [9.17, 15) is 32.3 Å². The van der Waals surface area contributed by atoms with Crippen LogP contribution in [0, 0.1) is 5.92 Å². The first-order valence-corrected chi connectivity index (χ1v) is 29.6. The van der Waals surface area contributed by atoms with Gasteiger partial charge in [-0.25, -0.2) is 29.9 Å². The summed E-state index contributed by atoms with van der Waals surface area (Å²) >= 11 is 0. The number of nitrogens with zero attached hydrogens (tertiary/aromatic N) is 12. The van der Waals surface area contributed by atoms with Gasteiger partial charge in [-0.1, -0.05) is 38.1 Å². The predicted molar refractivity (Wildman–Crippen MR) is 332 cm³/mol. The van der Waals surface area contributed by atoms with E-state index in [1.54, 1.807) is 61.2 Å². The quantitative estimate of drug-likeness (QED) is 0.0640. The molecular formula is C63H73F3N16O6. The van der Waals surface area contributed by atoms with Crippen LogP contribution in [0.2, 0.25) is 0 Å². The zero-order valence-electron chi connectivity index (χ0n) is 49.8. The minimum atomic E-state index is -4.61. The van der Waals surface area contributed by atoms with Crippen LogP contribution < -0.4 is 41.3 Å². The van der Waals surface area contributed by atoms with Crippen molar-refractivity contribution >= 4 is 69.9 Å². The molecule has 5 N–H and O–H groups in total. The minimum Gasteiger partial charge on any atom is -0.378 e. The van der Waals surface area contributed by atoms with Crippen LogP contribution in [0.25, 0.3) is 22.5 Å². The molecule has 10 rings (SSSR count). The van der Waals surface area contributed by atoms with Crippen LogP contribution >= 0.6 is 0 Å². The van der Waals surface area contributed by atoms with Crippen LogP contribution in [0.5, 0.6) is 0 Å². The topological polar surface area (TPSA) is 246 Å². The van der Waals surface area contributed by atoms with E-state index in [0.29, 0.717) is 132 Å². The molecule has 4 aromatic heterocycles. The van der Waals surface area contributed by atoms with E-state index in [1.807, 2.05) is 47.9 Å². The van der Waals surface area contributed by atoms with Crippen molar-refractivity contribution in [2.24, 2.45) is 5.92 Å². The van der Waals surface area contributed by atoms with Gasteiger partial charge in [-0.3, -0.25) is 19.2 Å². The smallest absolute Gasteiger partial charge is 0.378 e. The molecule has 0 bridgehead atoms. The molecule has 4 aliphatic rings. The second kappa shape index (κ2) is 28.1. The average Bonchev–Trinajstić information content (AvgIpc) is 1.98. The number of hydrogen-bond donors (Lipinski definition) is 4. The number of nitrogens with two attached hydrogens (primary N) is 1. The Kier molecular flexibility index (Phi) is 19.7. The van der Waals surface area contributed by atoms with Crippen LogP contribution in [0.1, 0.15) is 38.8 Å². The minimum absolute atomic E-state index is 0.0322. The fourth-order valence-electron chi connectivity index (χ4n) is 10.7.